The van der Waals surface area contributed by atoms with Crippen molar-refractivity contribution in [2.45, 2.75) is 33.1 Å². The molecule has 0 radical (unpaired) electrons. The van der Waals surface area contributed by atoms with E-state index in [-0.39, 0.29) is 0 Å². The Labute approximate surface area is 84.4 Å². The summed E-state index contributed by atoms with van der Waals surface area (Å²) in [6.45, 7) is 6.25. The van der Waals surface area contributed by atoms with Crippen molar-refractivity contribution in [1.82, 2.24) is 9.97 Å². The molecule has 1 aromatic rings. The Morgan fingerprint density at radius 3 is 2.62 bits per heavy atom. The van der Waals surface area contributed by atoms with Gasteiger partial charge in [0.05, 0.1) is 0 Å². The van der Waals surface area contributed by atoms with E-state index in [0.717, 1.165) is 23.6 Å². The monoisotopic (exact) mass is 198 g/mol. The Kier molecular flexibility index (Phi) is 3.67. The minimum Gasteiger partial charge on any atom is -0.238 e. The molecule has 72 valence electrons. The van der Waals surface area contributed by atoms with Crippen molar-refractivity contribution in [2.24, 2.45) is 0 Å². The molecule has 0 aliphatic carbocycles. The van der Waals surface area contributed by atoms with Crippen molar-refractivity contribution < 1.29 is 0 Å². The van der Waals surface area contributed by atoms with Gasteiger partial charge in [0.25, 0.3) is 0 Å². The van der Waals surface area contributed by atoms with E-state index in [1.165, 1.54) is 0 Å². The van der Waals surface area contributed by atoms with Gasteiger partial charge in [0, 0.05) is 23.7 Å². The number of rotatable bonds is 3. The normalized spacial score (nSPS) is 10.8. The highest BCUT2D eigenvalue weighted by Gasteiger charge is 2.04. The number of hydrogen-bond acceptors (Lipinski definition) is 2. The van der Waals surface area contributed by atoms with E-state index in [0.29, 0.717) is 11.8 Å². The van der Waals surface area contributed by atoms with Crippen molar-refractivity contribution in [2.75, 3.05) is 5.88 Å². The lowest BCUT2D eigenvalue weighted by molar-refractivity contribution is 0.780. The van der Waals surface area contributed by atoms with Crippen molar-refractivity contribution in [1.29, 1.82) is 0 Å². The highest BCUT2D eigenvalue weighted by molar-refractivity contribution is 6.17. The van der Waals surface area contributed by atoms with Crippen LogP contribution in [0, 0.1) is 6.92 Å². The Balaban J connectivity index is 2.96. The first-order valence-corrected chi connectivity index (χ1v) is 5.07. The molecule has 1 rings (SSSR count). The third kappa shape index (κ3) is 2.96. The topological polar surface area (TPSA) is 25.8 Å². The number of aryl methyl sites for hydroxylation is 2. The number of alkyl halides is 1. The fourth-order valence-electron chi connectivity index (χ4n) is 1.15. The van der Waals surface area contributed by atoms with Gasteiger partial charge in [0.1, 0.15) is 5.82 Å². The average Bonchev–Trinajstić information content (AvgIpc) is 2.03. The van der Waals surface area contributed by atoms with Gasteiger partial charge in [0.2, 0.25) is 0 Å². The summed E-state index contributed by atoms with van der Waals surface area (Å²) in [6, 6.07) is 2.03. The Bertz CT molecular complexity index is 284. The van der Waals surface area contributed by atoms with E-state index in [1.54, 1.807) is 0 Å². The summed E-state index contributed by atoms with van der Waals surface area (Å²) in [6.07, 6.45) is 0.753. The average molecular weight is 199 g/mol. The van der Waals surface area contributed by atoms with Crippen LogP contribution in [0.4, 0.5) is 0 Å². The third-order valence-corrected chi connectivity index (χ3v) is 2.02. The Hall–Kier alpha value is -0.630. The SMILES string of the molecule is Cc1cc(C(C)C)nc(CCCl)n1. The zero-order chi connectivity index (χ0) is 9.84. The maximum Gasteiger partial charge on any atom is 0.130 e. The van der Waals surface area contributed by atoms with Crippen LogP contribution in [0.2, 0.25) is 0 Å². The summed E-state index contributed by atoms with van der Waals surface area (Å²) in [5, 5.41) is 0. The molecular formula is C10H15ClN2. The van der Waals surface area contributed by atoms with Crippen LogP contribution >= 0.6 is 11.6 Å². The van der Waals surface area contributed by atoms with E-state index >= 15 is 0 Å². The molecule has 0 aliphatic rings. The predicted octanol–water partition coefficient (Wildman–Crippen LogP) is 2.69. The molecule has 2 nitrogen and oxygen atoms in total. The molecule has 0 aromatic carbocycles. The molecule has 0 saturated heterocycles. The second-order valence-electron chi connectivity index (χ2n) is 3.44. The molecular weight excluding hydrogens is 184 g/mol. The summed E-state index contributed by atoms with van der Waals surface area (Å²) in [4.78, 5) is 8.74. The van der Waals surface area contributed by atoms with Crippen LogP contribution in [0.3, 0.4) is 0 Å². The quantitative estimate of drug-likeness (QED) is 0.698. The maximum atomic E-state index is 5.64. The molecule has 0 atom stereocenters. The second-order valence-corrected chi connectivity index (χ2v) is 3.82. The van der Waals surface area contributed by atoms with Crippen molar-refractivity contribution in [3.8, 4) is 0 Å². The third-order valence-electron chi connectivity index (χ3n) is 1.83. The summed E-state index contributed by atoms with van der Waals surface area (Å²) in [7, 11) is 0. The molecule has 0 spiro atoms. The van der Waals surface area contributed by atoms with Gasteiger partial charge in [-0.25, -0.2) is 9.97 Å². The first-order valence-electron chi connectivity index (χ1n) is 4.54. The molecule has 0 fully saturated rings. The lowest BCUT2D eigenvalue weighted by atomic mass is 10.1. The zero-order valence-corrected chi connectivity index (χ0v) is 9.10. The van der Waals surface area contributed by atoms with Gasteiger partial charge in [-0.3, -0.25) is 0 Å². The van der Waals surface area contributed by atoms with Crippen LogP contribution in [0.15, 0.2) is 6.07 Å². The van der Waals surface area contributed by atoms with Gasteiger partial charge in [-0.05, 0) is 18.9 Å². The van der Waals surface area contributed by atoms with E-state index in [4.69, 9.17) is 11.6 Å². The van der Waals surface area contributed by atoms with Crippen molar-refractivity contribution in [3.05, 3.63) is 23.3 Å². The van der Waals surface area contributed by atoms with E-state index in [1.807, 2.05) is 13.0 Å². The highest BCUT2D eigenvalue weighted by Crippen LogP contribution is 2.12. The van der Waals surface area contributed by atoms with Crippen LogP contribution in [-0.2, 0) is 6.42 Å². The van der Waals surface area contributed by atoms with Crippen molar-refractivity contribution in [3.63, 3.8) is 0 Å². The molecule has 0 bridgehead atoms. The summed E-state index contributed by atoms with van der Waals surface area (Å²) in [5.41, 5.74) is 2.13. The van der Waals surface area contributed by atoms with E-state index in [2.05, 4.69) is 23.8 Å². The molecule has 3 heteroatoms. The largest absolute Gasteiger partial charge is 0.238 e. The lowest BCUT2D eigenvalue weighted by Crippen LogP contribution is -2.03. The Morgan fingerprint density at radius 1 is 1.38 bits per heavy atom. The number of halogens is 1. The summed E-state index contributed by atoms with van der Waals surface area (Å²) in [5.74, 6) is 1.90. The fourth-order valence-corrected chi connectivity index (χ4v) is 1.32. The minimum atomic E-state index is 0.454. The van der Waals surface area contributed by atoms with Crippen molar-refractivity contribution >= 4 is 11.6 Å². The zero-order valence-electron chi connectivity index (χ0n) is 8.34. The van der Waals surface area contributed by atoms with Crippen LogP contribution in [0.25, 0.3) is 0 Å². The maximum absolute atomic E-state index is 5.64. The van der Waals surface area contributed by atoms with Gasteiger partial charge in [-0.15, -0.1) is 11.6 Å². The van der Waals surface area contributed by atoms with Crippen LogP contribution < -0.4 is 0 Å². The molecule has 0 N–H and O–H groups in total. The van der Waals surface area contributed by atoms with Gasteiger partial charge in [-0.2, -0.15) is 0 Å². The molecule has 13 heavy (non-hydrogen) atoms. The smallest absolute Gasteiger partial charge is 0.130 e. The predicted molar refractivity (Wildman–Crippen MR) is 55.3 cm³/mol. The lowest BCUT2D eigenvalue weighted by Gasteiger charge is -2.07. The molecule has 0 saturated carbocycles. The van der Waals surface area contributed by atoms with Gasteiger partial charge < -0.3 is 0 Å². The van der Waals surface area contributed by atoms with Crippen LogP contribution in [0.5, 0.6) is 0 Å². The standard InChI is InChI=1S/C10H15ClN2/c1-7(2)9-6-8(3)12-10(13-9)4-5-11/h6-7H,4-5H2,1-3H3. The van der Waals surface area contributed by atoms with Crippen LogP contribution in [0.1, 0.15) is 37.0 Å². The van der Waals surface area contributed by atoms with E-state index in [9.17, 15) is 0 Å². The van der Waals surface area contributed by atoms with Gasteiger partial charge in [-0.1, -0.05) is 13.8 Å². The molecule has 0 aliphatic heterocycles. The number of hydrogen-bond donors (Lipinski definition) is 0. The fraction of sp³-hybridized carbons (Fsp3) is 0.600. The minimum absolute atomic E-state index is 0.454. The molecule has 0 unspecified atom stereocenters. The first kappa shape index (κ1) is 10.5. The van der Waals surface area contributed by atoms with Gasteiger partial charge >= 0.3 is 0 Å². The Morgan fingerprint density at radius 2 is 2.08 bits per heavy atom. The summed E-state index contributed by atoms with van der Waals surface area (Å²) >= 11 is 5.64. The molecule has 0 amide bonds. The van der Waals surface area contributed by atoms with Crippen LogP contribution in [-0.4, -0.2) is 15.8 Å². The summed E-state index contributed by atoms with van der Waals surface area (Å²) < 4.78 is 0. The number of aromatic nitrogens is 2. The number of nitrogens with zero attached hydrogens (tertiary/aromatic N) is 2. The molecule has 1 aromatic heterocycles. The molecule has 1 heterocycles. The highest BCUT2D eigenvalue weighted by atomic mass is 35.5. The van der Waals surface area contributed by atoms with Gasteiger partial charge in [0.15, 0.2) is 0 Å². The van der Waals surface area contributed by atoms with E-state index < -0.39 is 0 Å². The first-order chi connectivity index (χ1) is 6.13. The second kappa shape index (κ2) is 4.56.